The van der Waals surface area contributed by atoms with Gasteiger partial charge in [0.25, 0.3) is 5.91 Å². The Balaban J connectivity index is 2.57. The average Bonchev–Trinajstić information content (AvgIpc) is 2.38. The van der Waals surface area contributed by atoms with Crippen LogP contribution < -0.4 is 16.8 Å². The molecule has 5 N–H and O–H groups in total. The van der Waals surface area contributed by atoms with E-state index >= 15 is 0 Å². The van der Waals surface area contributed by atoms with E-state index in [0.29, 0.717) is 24.2 Å². The van der Waals surface area contributed by atoms with Crippen molar-refractivity contribution in [2.45, 2.75) is 25.3 Å². The molecule has 1 aromatic rings. The predicted octanol–water partition coefficient (Wildman–Crippen LogP) is 0.695. The molecular weight excluding hydrogens is 230 g/mol. The van der Waals surface area contributed by atoms with E-state index in [-0.39, 0.29) is 5.91 Å². The SMILES string of the molecule is NCCCC[C@@H](C=O)NC(=O)c1ccccc1N. The standard InChI is InChI=1S/C13H19N3O2/c14-8-4-3-5-10(9-17)16-13(18)11-6-1-2-7-12(11)15/h1-2,6-7,9-10H,3-5,8,14-15H2,(H,16,18)/t10-/m0/s1. The monoisotopic (exact) mass is 249 g/mol. The third-order valence-corrected chi connectivity index (χ3v) is 2.66. The van der Waals surface area contributed by atoms with E-state index in [1.54, 1.807) is 24.3 Å². The van der Waals surface area contributed by atoms with Crippen LogP contribution in [0.2, 0.25) is 0 Å². The molecular formula is C13H19N3O2. The minimum Gasteiger partial charge on any atom is -0.398 e. The Hall–Kier alpha value is -1.88. The summed E-state index contributed by atoms with van der Waals surface area (Å²) in [6, 6.07) is 6.29. The summed E-state index contributed by atoms with van der Waals surface area (Å²) in [6.07, 6.45) is 2.99. The molecule has 0 saturated heterocycles. The molecule has 0 bridgehead atoms. The van der Waals surface area contributed by atoms with E-state index in [2.05, 4.69) is 5.32 Å². The Kier molecular flexibility index (Phi) is 5.87. The molecule has 0 spiro atoms. The highest BCUT2D eigenvalue weighted by Crippen LogP contribution is 2.10. The maximum absolute atomic E-state index is 11.9. The minimum atomic E-state index is -0.483. The van der Waals surface area contributed by atoms with Gasteiger partial charge >= 0.3 is 0 Å². The van der Waals surface area contributed by atoms with Gasteiger partial charge in [0, 0.05) is 5.69 Å². The molecule has 1 rings (SSSR count). The maximum atomic E-state index is 11.9. The van der Waals surface area contributed by atoms with Crippen molar-refractivity contribution in [1.82, 2.24) is 5.32 Å². The first-order valence-electron chi connectivity index (χ1n) is 5.99. The maximum Gasteiger partial charge on any atom is 0.253 e. The summed E-state index contributed by atoms with van der Waals surface area (Å²) in [4.78, 5) is 22.8. The lowest BCUT2D eigenvalue weighted by atomic mass is 10.1. The van der Waals surface area contributed by atoms with Gasteiger partial charge in [-0.05, 0) is 37.9 Å². The van der Waals surface area contributed by atoms with Crippen LogP contribution >= 0.6 is 0 Å². The third-order valence-electron chi connectivity index (χ3n) is 2.66. The Morgan fingerprint density at radius 3 is 2.67 bits per heavy atom. The molecule has 0 radical (unpaired) electrons. The Morgan fingerprint density at radius 1 is 1.33 bits per heavy atom. The first kappa shape index (κ1) is 14.2. The first-order chi connectivity index (χ1) is 8.69. The second kappa shape index (κ2) is 7.45. The van der Waals surface area contributed by atoms with Crippen LogP contribution in [-0.4, -0.2) is 24.8 Å². The summed E-state index contributed by atoms with van der Waals surface area (Å²) in [7, 11) is 0. The Morgan fingerprint density at radius 2 is 2.06 bits per heavy atom. The zero-order valence-electron chi connectivity index (χ0n) is 10.3. The van der Waals surface area contributed by atoms with Gasteiger partial charge in [-0.25, -0.2) is 0 Å². The van der Waals surface area contributed by atoms with Crippen LogP contribution in [0.4, 0.5) is 5.69 Å². The number of hydrogen-bond donors (Lipinski definition) is 3. The highest BCUT2D eigenvalue weighted by atomic mass is 16.2. The van der Waals surface area contributed by atoms with Crippen molar-refractivity contribution < 1.29 is 9.59 Å². The van der Waals surface area contributed by atoms with Crippen LogP contribution in [0.15, 0.2) is 24.3 Å². The van der Waals surface area contributed by atoms with Gasteiger partial charge in [-0.1, -0.05) is 12.1 Å². The normalized spacial score (nSPS) is 11.8. The molecule has 0 heterocycles. The smallest absolute Gasteiger partial charge is 0.253 e. The van der Waals surface area contributed by atoms with E-state index in [0.717, 1.165) is 19.1 Å². The van der Waals surface area contributed by atoms with Crippen molar-refractivity contribution in [2.24, 2.45) is 5.73 Å². The second-order valence-corrected chi connectivity index (χ2v) is 4.09. The molecule has 0 aliphatic carbocycles. The van der Waals surface area contributed by atoms with Crippen LogP contribution in [0.5, 0.6) is 0 Å². The van der Waals surface area contributed by atoms with Crippen molar-refractivity contribution in [2.75, 3.05) is 12.3 Å². The van der Waals surface area contributed by atoms with Gasteiger partial charge in [-0.3, -0.25) is 4.79 Å². The lowest BCUT2D eigenvalue weighted by molar-refractivity contribution is -0.109. The molecule has 0 unspecified atom stereocenters. The van der Waals surface area contributed by atoms with E-state index in [1.807, 2.05) is 0 Å². The summed E-state index contributed by atoms with van der Waals surface area (Å²) in [5, 5.41) is 2.65. The molecule has 5 heteroatoms. The lowest BCUT2D eigenvalue weighted by Crippen LogP contribution is -2.36. The van der Waals surface area contributed by atoms with Gasteiger partial charge in [0.05, 0.1) is 11.6 Å². The summed E-state index contributed by atoms with van der Waals surface area (Å²) < 4.78 is 0. The van der Waals surface area contributed by atoms with Gasteiger partial charge in [0.15, 0.2) is 0 Å². The summed E-state index contributed by atoms with van der Waals surface area (Å²) in [6.45, 7) is 0.588. The molecule has 98 valence electrons. The topological polar surface area (TPSA) is 98.2 Å². The first-order valence-corrected chi connectivity index (χ1v) is 5.99. The molecule has 5 nitrogen and oxygen atoms in total. The van der Waals surface area contributed by atoms with Gasteiger partial charge in [0.1, 0.15) is 6.29 Å². The van der Waals surface area contributed by atoms with Gasteiger partial charge in [-0.15, -0.1) is 0 Å². The number of nitrogens with two attached hydrogens (primary N) is 2. The number of rotatable bonds is 7. The highest BCUT2D eigenvalue weighted by Gasteiger charge is 2.14. The van der Waals surface area contributed by atoms with Gasteiger partial charge in [0.2, 0.25) is 0 Å². The number of hydrogen-bond acceptors (Lipinski definition) is 4. The minimum absolute atomic E-state index is 0.321. The fourth-order valence-electron chi connectivity index (χ4n) is 1.63. The number of carbonyl (C=O) groups is 2. The number of carbonyl (C=O) groups excluding carboxylic acids is 2. The molecule has 1 atom stereocenters. The van der Waals surface area contributed by atoms with Gasteiger partial charge in [-0.2, -0.15) is 0 Å². The van der Waals surface area contributed by atoms with Gasteiger partial charge < -0.3 is 21.6 Å². The fourth-order valence-corrected chi connectivity index (χ4v) is 1.63. The number of aldehydes is 1. The second-order valence-electron chi connectivity index (χ2n) is 4.09. The van der Waals surface area contributed by atoms with Crippen molar-refractivity contribution in [1.29, 1.82) is 0 Å². The largest absolute Gasteiger partial charge is 0.398 e. The number of nitrogens with one attached hydrogen (secondary N) is 1. The van der Waals surface area contributed by atoms with E-state index in [1.165, 1.54) is 0 Å². The van der Waals surface area contributed by atoms with Crippen LogP contribution in [0, 0.1) is 0 Å². The number of anilines is 1. The third kappa shape index (κ3) is 4.18. The fraction of sp³-hybridized carbons (Fsp3) is 0.385. The van der Waals surface area contributed by atoms with Crippen LogP contribution in [-0.2, 0) is 4.79 Å². The molecule has 0 fully saturated rings. The van der Waals surface area contributed by atoms with Crippen LogP contribution in [0.25, 0.3) is 0 Å². The van der Waals surface area contributed by atoms with Crippen molar-refractivity contribution in [3.05, 3.63) is 29.8 Å². The number of unbranched alkanes of at least 4 members (excludes halogenated alkanes) is 1. The van der Waals surface area contributed by atoms with Crippen LogP contribution in [0.3, 0.4) is 0 Å². The molecule has 1 amide bonds. The number of benzene rings is 1. The quantitative estimate of drug-likeness (QED) is 0.376. The number of para-hydroxylation sites is 1. The predicted molar refractivity (Wildman–Crippen MR) is 71.1 cm³/mol. The van der Waals surface area contributed by atoms with E-state index in [4.69, 9.17) is 11.5 Å². The number of amides is 1. The Bertz CT molecular complexity index is 407. The highest BCUT2D eigenvalue weighted by molar-refractivity contribution is 6.00. The Labute approximate surface area is 107 Å². The molecule has 0 aliphatic rings. The summed E-state index contributed by atoms with van der Waals surface area (Å²) in [5.41, 5.74) is 11.9. The zero-order valence-corrected chi connectivity index (χ0v) is 10.3. The summed E-state index contributed by atoms with van der Waals surface area (Å²) in [5.74, 6) is -0.321. The van der Waals surface area contributed by atoms with Crippen molar-refractivity contribution >= 4 is 17.9 Å². The van der Waals surface area contributed by atoms with E-state index < -0.39 is 6.04 Å². The van der Waals surface area contributed by atoms with Crippen molar-refractivity contribution in [3.63, 3.8) is 0 Å². The average molecular weight is 249 g/mol. The molecule has 1 aromatic carbocycles. The van der Waals surface area contributed by atoms with Crippen molar-refractivity contribution in [3.8, 4) is 0 Å². The van der Waals surface area contributed by atoms with Crippen LogP contribution in [0.1, 0.15) is 29.6 Å². The molecule has 0 aromatic heterocycles. The zero-order chi connectivity index (χ0) is 13.4. The lowest BCUT2D eigenvalue weighted by Gasteiger charge is -2.13. The summed E-state index contributed by atoms with van der Waals surface area (Å²) >= 11 is 0. The molecule has 0 aliphatic heterocycles. The van der Waals surface area contributed by atoms with E-state index in [9.17, 15) is 9.59 Å². The molecule has 0 saturated carbocycles. The number of nitrogen functional groups attached to an aromatic ring is 1. The molecule has 18 heavy (non-hydrogen) atoms.